The maximum Gasteiger partial charge on any atom is 0.329 e. The average Bonchev–Trinajstić information content (AvgIpc) is 3.46. The average molecular weight is 432 g/mol. The molecule has 1 saturated carbocycles. The summed E-state index contributed by atoms with van der Waals surface area (Å²) in [7, 11) is 1.50. The van der Waals surface area contributed by atoms with Gasteiger partial charge in [0.1, 0.15) is 11.9 Å². The summed E-state index contributed by atoms with van der Waals surface area (Å²) < 4.78 is 23.2. The standard InChI is InChI=1S/C22H26FN3O3S/c1-10-16-19(26(12-6-7-12)22(28)25-21(16)27)20(29-2)17(18(10)23)15-8-13-11(9-24)4-3-5-14(13)30-15/h8,11-12,17-18H,3-7,9,24H2,1-2H3,(H,25,27,28). The molecular formula is C22H26FN3O3S. The zero-order chi connectivity index (χ0) is 21.2. The molecule has 3 N–H and O–H groups in total. The number of methoxy groups -OCH3 is 1. The van der Waals surface area contributed by atoms with Crippen molar-refractivity contribution in [1.82, 2.24) is 9.55 Å². The fourth-order valence-electron chi connectivity index (χ4n) is 5.07. The van der Waals surface area contributed by atoms with Crippen LogP contribution in [0.15, 0.2) is 15.7 Å². The molecule has 3 aliphatic rings. The van der Waals surface area contributed by atoms with Crippen molar-refractivity contribution in [3.63, 3.8) is 0 Å². The predicted octanol–water partition coefficient (Wildman–Crippen LogP) is 1.37. The molecule has 1 fully saturated rings. The summed E-state index contributed by atoms with van der Waals surface area (Å²) >= 11 is 1.62. The molecule has 3 unspecified atom stereocenters. The predicted molar refractivity (Wildman–Crippen MR) is 115 cm³/mol. The van der Waals surface area contributed by atoms with Crippen molar-refractivity contribution in [3.05, 3.63) is 52.8 Å². The number of halogens is 1. The fraction of sp³-hybridized carbons (Fsp3) is 0.545. The molecule has 5 rings (SSSR count). The topological polar surface area (TPSA) is 90.1 Å². The van der Waals surface area contributed by atoms with E-state index in [1.54, 1.807) is 22.8 Å². The van der Waals surface area contributed by atoms with E-state index in [1.807, 2.05) is 0 Å². The molecule has 2 aromatic heterocycles. The number of fused-ring (bicyclic) bond motifs is 2. The summed E-state index contributed by atoms with van der Waals surface area (Å²) in [5.74, 6) is 0.0140. The van der Waals surface area contributed by atoms with Crippen LogP contribution in [0.3, 0.4) is 0 Å². The Kier molecular flexibility index (Phi) is 4.74. The third-order valence-electron chi connectivity index (χ3n) is 6.74. The second kappa shape index (κ2) is 7.20. The van der Waals surface area contributed by atoms with Crippen LogP contribution in [-0.4, -0.2) is 29.4 Å². The first-order valence-corrected chi connectivity index (χ1v) is 11.4. The van der Waals surface area contributed by atoms with Crippen LogP contribution in [0.2, 0.25) is 0 Å². The van der Waals surface area contributed by atoms with Gasteiger partial charge >= 0.3 is 5.69 Å². The Morgan fingerprint density at radius 3 is 2.77 bits per heavy atom. The highest BCUT2D eigenvalue weighted by atomic mass is 32.1. The van der Waals surface area contributed by atoms with Gasteiger partial charge < -0.3 is 10.5 Å². The monoisotopic (exact) mass is 431 g/mol. The third kappa shape index (κ3) is 2.84. The summed E-state index contributed by atoms with van der Waals surface area (Å²) in [4.78, 5) is 29.8. The maximum atomic E-state index is 15.8. The molecule has 160 valence electrons. The molecule has 3 aliphatic carbocycles. The van der Waals surface area contributed by atoms with Crippen molar-refractivity contribution in [1.29, 1.82) is 0 Å². The Morgan fingerprint density at radius 2 is 2.10 bits per heavy atom. The molecule has 3 atom stereocenters. The lowest BCUT2D eigenvalue weighted by atomic mass is 9.85. The number of thiophene rings is 1. The molecule has 0 radical (unpaired) electrons. The fourth-order valence-corrected chi connectivity index (χ4v) is 6.49. The first-order chi connectivity index (χ1) is 14.5. The Bertz CT molecular complexity index is 1250. The normalized spacial score (nSPS) is 25.8. The lowest BCUT2D eigenvalue weighted by Crippen LogP contribution is -2.58. The number of aromatic nitrogens is 2. The van der Waals surface area contributed by atoms with Gasteiger partial charge in [-0.2, -0.15) is 0 Å². The Morgan fingerprint density at radius 1 is 1.33 bits per heavy atom. The Labute approximate surface area is 176 Å². The van der Waals surface area contributed by atoms with Crippen LogP contribution in [0, 0.1) is 0 Å². The summed E-state index contributed by atoms with van der Waals surface area (Å²) in [5, 5.41) is 0.690. The quantitative estimate of drug-likeness (QED) is 0.765. The number of hydrogen-bond acceptors (Lipinski definition) is 5. The van der Waals surface area contributed by atoms with Gasteiger partial charge in [0.2, 0.25) is 0 Å². The molecule has 0 aromatic carbocycles. The van der Waals surface area contributed by atoms with Gasteiger partial charge in [0.05, 0.1) is 23.6 Å². The van der Waals surface area contributed by atoms with Crippen LogP contribution in [-0.2, 0) is 11.2 Å². The minimum Gasteiger partial charge on any atom is -0.498 e. The van der Waals surface area contributed by atoms with Crippen LogP contribution in [0.4, 0.5) is 4.39 Å². The summed E-state index contributed by atoms with van der Waals surface area (Å²) in [6.07, 6.45) is 3.45. The van der Waals surface area contributed by atoms with E-state index in [0.29, 0.717) is 29.1 Å². The van der Waals surface area contributed by atoms with Crippen LogP contribution in [0.25, 0.3) is 11.3 Å². The lowest BCUT2D eigenvalue weighted by Gasteiger charge is -2.27. The largest absolute Gasteiger partial charge is 0.498 e. The van der Waals surface area contributed by atoms with Gasteiger partial charge in [0, 0.05) is 15.8 Å². The van der Waals surface area contributed by atoms with E-state index < -0.39 is 23.3 Å². The number of rotatable bonds is 4. The number of aryl methyl sites for hydroxylation is 1. The van der Waals surface area contributed by atoms with Crippen LogP contribution in [0.5, 0.6) is 0 Å². The zero-order valence-corrected chi connectivity index (χ0v) is 18.0. The molecule has 0 bridgehead atoms. The number of nitrogens with one attached hydrogen (secondary N) is 1. The molecular weight excluding hydrogens is 405 g/mol. The van der Waals surface area contributed by atoms with E-state index >= 15 is 4.39 Å². The molecule has 0 spiro atoms. The van der Waals surface area contributed by atoms with Gasteiger partial charge in [0.15, 0.2) is 0 Å². The Hall–Kier alpha value is -2.19. The van der Waals surface area contributed by atoms with Crippen molar-refractivity contribution >= 4 is 22.7 Å². The van der Waals surface area contributed by atoms with Crippen molar-refractivity contribution in [2.75, 3.05) is 13.7 Å². The van der Waals surface area contributed by atoms with E-state index in [4.69, 9.17) is 10.5 Å². The summed E-state index contributed by atoms with van der Waals surface area (Å²) in [6, 6.07) is 2.11. The van der Waals surface area contributed by atoms with Crippen molar-refractivity contribution in [3.8, 4) is 0 Å². The Balaban J connectivity index is 1.81. The zero-order valence-electron chi connectivity index (χ0n) is 17.2. The number of nitrogens with two attached hydrogens (primary N) is 1. The van der Waals surface area contributed by atoms with E-state index in [1.165, 1.54) is 17.6 Å². The highest BCUT2D eigenvalue weighted by molar-refractivity contribution is 7.12. The number of hydrogen-bond donors (Lipinski definition) is 2. The second-order valence-corrected chi connectivity index (χ2v) is 9.74. The van der Waals surface area contributed by atoms with Gasteiger partial charge in [-0.3, -0.25) is 14.3 Å². The second-order valence-electron chi connectivity index (χ2n) is 8.57. The van der Waals surface area contributed by atoms with Crippen molar-refractivity contribution < 1.29 is 9.13 Å². The highest BCUT2D eigenvalue weighted by Gasteiger charge is 2.39. The molecule has 2 heterocycles. The first kappa shape index (κ1) is 19.8. The first-order valence-electron chi connectivity index (χ1n) is 10.6. The molecule has 0 aliphatic heterocycles. The maximum absolute atomic E-state index is 15.8. The van der Waals surface area contributed by atoms with Gasteiger partial charge in [-0.15, -0.1) is 11.3 Å². The molecule has 2 aromatic rings. The molecule has 0 saturated heterocycles. The van der Waals surface area contributed by atoms with Crippen LogP contribution >= 0.6 is 11.3 Å². The molecule has 30 heavy (non-hydrogen) atoms. The number of aromatic amines is 1. The van der Waals surface area contributed by atoms with Gasteiger partial charge in [-0.1, -0.05) is 0 Å². The molecule has 6 nitrogen and oxygen atoms in total. The number of ether oxygens (including phenoxy) is 1. The molecule has 0 amide bonds. The van der Waals surface area contributed by atoms with Gasteiger partial charge in [-0.05, 0) is 68.7 Å². The van der Waals surface area contributed by atoms with Crippen molar-refractivity contribution in [2.45, 2.75) is 63.1 Å². The number of alkyl halides is 1. The van der Waals surface area contributed by atoms with Crippen LogP contribution < -0.4 is 27.6 Å². The SMILES string of the molecule is COC1=c2c(c(=O)[nH]c(=O)n2C2CC2)=C(C)C(F)C1c1cc2c(s1)CCCC2CN. The minimum absolute atomic E-state index is 0.0241. The third-order valence-corrected chi connectivity index (χ3v) is 8.03. The van der Waals surface area contributed by atoms with E-state index in [0.717, 1.165) is 37.0 Å². The smallest absolute Gasteiger partial charge is 0.329 e. The van der Waals surface area contributed by atoms with Gasteiger partial charge in [0.25, 0.3) is 5.56 Å². The lowest BCUT2D eigenvalue weighted by molar-refractivity contribution is 0.287. The minimum atomic E-state index is -1.39. The van der Waals surface area contributed by atoms with E-state index in [-0.39, 0.29) is 11.3 Å². The van der Waals surface area contributed by atoms with Gasteiger partial charge in [-0.25, -0.2) is 9.18 Å². The number of H-pyrrole nitrogens is 1. The van der Waals surface area contributed by atoms with Crippen LogP contribution in [0.1, 0.15) is 65.8 Å². The summed E-state index contributed by atoms with van der Waals surface area (Å²) in [5.41, 5.74) is 6.56. The van der Waals surface area contributed by atoms with E-state index in [9.17, 15) is 9.59 Å². The molecule has 8 heteroatoms. The summed E-state index contributed by atoms with van der Waals surface area (Å²) in [6.45, 7) is 2.23. The highest BCUT2D eigenvalue weighted by Crippen LogP contribution is 2.44. The van der Waals surface area contributed by atoms with Crippen molar-refractivity contribution in [2.24, 2.45) is 5.73 Å². The number of nitrogens with zero attached hydrogens (tertiary/aromatic N) is 1. The van der Waals surface area contributed by atoms with E-state index in [2.05, 4.69) is 11.1 Å².